The van der Waals surface area contributed by atoms with E-state index in [1.165, 1.54) is 6.07 Å². The topological polar surface area (TPSA) is 66.4 Å². The average Bonchev–Trinajstić information content (AvgIpc) is 2.55. The number of rotatable bonds is 5. The van der Waals surface area contributed by atoms with Crippen molar-refractivity contribution >= 4 is 11.9 Å². The summed E-state index contributed by atoms with van der Waals surface area (Å²) in [5, 5.41) is 11.6. The van der Waals surface area contributed by atoms with Crippen LogP contribution >= 0.6 is 0 Å². The molecule has 0 saturated heterocycles. The molecule has 2 rings (SSSR count). The molecule has 0 aromatic heterocycles. The van der Waals surface area contributed by atoms with E-state index in [0.29, 0.717) is 5.56 Å². The standard InChI is InChI=1S/C17H14F3NO3/c18-17(19,20)13-8-4-7-12(9-13)15(22)21-10-14(16(23)24)11-5-2-1-3-6-11/h1-9,14H,10H2,(H,21,22)(H,23,24). The number of aliphatic carboxylic acids is 1. The third kappa shape index (κ3) is 4.34. The Bertz CT molecular complexity index is 729. The van der Waals surface area contributed by atoms with Crippen LogP contribution in [-0.4, -0.2) is 23.5 Å². The number of hydrogen-bond acceptors (Lipinski definition) is 2. The van der Waals surface area contributed by atoms with E-state index in [4.69, 9.17) is 0 Å². The molecule has 126 valence electrons. The van der Waals surface area contributed by atoms with Crippen molar-refractivity contribution in [2.24, 2.45) is 0 Å². The number of carbonyl (C=O) groups excluding carboxylic acids is 1. The van der Waals surface area contributed by atoms with Crippen molar-refractivity contribution in [1.29, 1.82) is 0 Å². The molecule has 1 amide bonds. The number of carboxylic acid groups (broad SMARTS) is 1. The van der Waals surface area contributed by atoms with Crippen LogP contribution in [0.4, 0.5) is 13.2 Å². The van der Waals surface area contributed by atoms with Crippen LogP contribution in [0.25, 0.3) is 0 Å². The number of alkyl halides is 3. The summed E-state index contributed by atoms with van der Waals surface area (Å²) >= 11 is 0. The van der Waals surface area contributed by atoms with Gasteiger partial charge in [0.25, 0.3) is 5.91 Å². The molecule has 24 heavy (non-hydrogen) atoms. The van der Waals surface area contributed by atoms with E-state index in [1.54, 1.807) is 30.3 Å². The van der Waals surface area contributed by atoms with Gasteiger partial charge in [-0.1, -0.05) is 36.4 Å². The minimum atomic E-state index is -4.55. The first kappa shape index (κ1) is 17.5. The summed E-state index contributed by atoms with van der Waals surface area (Å²) in [6.45, 7) is -0.228. The summed E-state index contributed by atoms with van der Waals surface area (Å²) in [7, 11) is 0. The summed E-state index contributed by atoms with van der Waals surface area (Å²) in [6.07, 6.45) is -4.55. The summed E-state index contributed by atoms with van der Waals surface area (Å²) in [6, 6.07) is 12.2. The zero-order valence-corrected chi connectivity index (χ0v) is 12.4. The zero-order valence-electron chi connectivity index (χ0n) is 12.4. The van der Waals surface area contributed by atoms with Crippen molar-refractivity contribution in [3.8, 4) is 0 Å². The Morgan fingerprint density at radius 1 is 1.04 bits per heavy atom. The van der Waals surface area contributed by atoms with Gasteiger partial charge in [-0.15, -0.1) is 0 Å². The highest BCUT2D eigenvalue weighted by molar-refractivity contribution is 5.94. The Labute approximate surface area is 135 Å². The van der Waals surface area contributed by atoms with Gasteiger partial charge in [-0.3, -0.25) is 9.59 Å². The lowest BCUT2D eigenvalue weighted by atomic mass is 9.99. The predicted molar refractivity (Wildman–Crippen MR) is 80.6 cm³/mol. The van der Waals surface area contributed by atoms with E-state index >= 15 is 0 Å². The third-order valence-corrected chi connectivity index (χ3v) is 3.42. The maximum atomic E-state index is 12.7. The highest BCUT2D eigenvalue weighted by atomic mass is 19.4. The monoisotopic (exact) mass is 337 g/mol. The number of amides is 1. The Balaban J connectivity index is 2.11. The van der Waals surface area contributed by atoms with Crippen LogP contribution in [0.1, 0.15) is 27.4 Å². The van der Waals surface area contributed by atoms with Gasteiger partial charge in [0.05, 0.1) is 11.5 Å². The number of benzene rings is 2. The van der Waals surface area contributed by atoms with Gasteiger partial charge in [-0.25, -0.2) is 0 Å². The second kappa shape index (κ2) is 7.16. The van der Waals surface area contributed by atoms with Gasteiger partial charge in [0.2, 0.25) is 0 Å². The number of halogens is 3. The van der Waals surface area contributed by atoms with Crippen molar-refractivity contribution < 1.29 is 27.9 Å². The molecule has 0 fully saturated rings. The minimum Gasteiger partial charge on any atom is -0.481 e. The smallest absolute Gasteiger partial charge is 0.416 e. The minimum absolute atomic E-state index is 0.179. The van der Waals surface area contributed by atoms with Crippen LogP contribution < -0.4 is 5.32 Å². The number of carboxylic acids is 1. The first-order chi connectivity index (χ1) is 11.3. The number of hydrogen-bond donors (Lipinski definition) is 2. The van der Waals surface area contributed by atoms with Crippen molar-refractivity contribution in [2.75, 3.05) is 6.54 Å². The van der Waals surface area contributed by atoms with E-state index < -0.39 is 29.5 Å². The number of carbonyl (C=O) groups is 2. The molecule has 0 radical (unpaired) electrons. The first-order valence-corrected chi connectivity index (χ1v) is 7.02. The van der Waals surface area contributed by atoms with Gasteiger partial charge in [-0.2, -0.15) is 13.2 Å². The fourth-order valence-corrected chi connectivity index (χ4v) is 2.17. The van der Waals surface area contributed by atoms with E-state index in [-0.39, 0.29) is 12.1 Å². The second-order valence-electron chi connectivity index (χ2n) is 5.09. The number of nitrogens with one attached hydrogen (secondary N) is 1. The quantitative estimate of drug-likeness (QED) is 0.880. The van der Waals surface area contributed by atoms with Crippen LogP contribution in [-0.2, 0) is 11.0 Å². The van der Waals surface area contributed by atoms with E-state index in [2.05, 4.69) is 5.32 Å². The molecule has 2 aromatic carbocycles. The molecule has 0 bridgehead atoms. The van der Waals surface area contributed by atoms with E-state index in [9.17, 15) is 27.9 Å². The molecule has 1 atom stereocenters. The second-order valence-corrected chi connectivity index (χ2v) is 5.09. The molecular weight excluding hydrogens is 323 g/mol. The third-order valence-electron chi connectivity index (χ3n) is 3.42. The summed E-state index contributed by atoms with van der Waals surface area (Å²) in [5.74, 6) is -2.88. The molecule has 2 N–H and O–H groups in total. The maximum absolute atomic E-state index is 12.7. The molecule has 7 heteroatoms. The van der Waals surface area contributed by atoms with Gasteiger partial charge in [0.15, 0.2) is 0 Å². The molecule has 1 unspecified atom stereocenters. The lowest BCUT2D eigenvalue weighted by Crippen LogP contribution is -2.31. The normalized spacial score (nSPS) is 12.5. The van der Waals surface area contributed by atoms with Gasteiger partial charge >= 0.3 is 12.1 Å². The molecular formula is C17H14F3NO3. The van der Waals surface area contributed by atoms with E-state index in [1.807, 2.05) is 0 Å². The highest BCUT2D eigenvalue weighted by Gasteiger charge is 2.31. The van der Waals surface area contributed by atoms with Crippen LogP contribution in [0.15, 0.2) is 54.6 Å². The van der Waals surface area contributed by atoms with E-state index in [0.717, 1.165) is 18.2 Å². The largest absolute Gasteiger partial charge is 0.481 e. The molecule has 0 heterocycles. The fraction of sp³-hybridized carbons (Fsp3) is 0.176. The first-order valence-electron chi connectivity index (χ1n) is 7.02. The lowest BCUT2D eigenvalue weighted by Gasteiger charge is -2.14. The summed E-state index contributed by atoms with van der Waals surface area (Å²) in [5.41, 5.74) is -0.621. The molecule has 0 saturated carbocycles. The molecule has 0 aliphatic heterocycles. The highest BCUT2D eigenvalue weighted by Crippen LogP contribution is 2.29. The molecule has 0 aliphatic rings. The Morgan fingerprint density at radius 2 is 1.71 bits per heavy atom. The van der Waals surface area contributed by atoms with Gasteiger partial charge in [0.1, 0.15) is 0 Å². The van der Waals surface area contributed by atoms with Crippen molar-refractivity contribution in [2.45, 2.75) is 12.1 Å². The van der Waals surface area contributed by atoms with Crippen LogP contribution in [0.5, 0.6) is 0 Å². The molecule has 0 spiro atoms. The predicted octanol–water partition coefficient (Wildman–Crippen LogP) is 3.30. The maximum Gasteiger partial charge on any atom is 0.416 e. The van der Waals surface area contributed by atoms with Gasteiger partial charge in [-0.05, 0) is 23.8 Å². The van der Waals surface area contributed by atoms with Crippen LogP contribution in [0.3, 0.4) is 0 Å². The Morgan fingerprint density at radius 3 is 2.29 bits per heavy atom. The zero-order chi connectivity index (χ0) is 17.7. The van der Waals surface area contributed by atoms with Crippen LogP contribution in [0, 0.1) is 0 Å². The lowest BCUT2D eigenvalue weighted by molar-refractivity contribution is -0.139. The van der Waals surface area contributed by atoms with Crippen LogP contribution in [0.2, 0.25) is 0 Å². The van der Waals surface area contributed by atoms with Crippen molar-refractivity contribution in [1.82, 2.24) is 5.32 Å². The average molecular weight is 337 g/mol. The van der Waals surface area contributed by atoms with Gasteiger partial charge in [0, 0.05) is 12.1 Å². The van der Waals surface area contributed by atoms with Crippen molar-refractivity contribution in [3.63, 3.8) is 0 Å². The fourth-order valence-electron chi connectivity index (χ4n) is 2.17. The molecule has 2 aromatic rings. The Kier molecular flexibility index (Phi) is 5.23. The van der Waals surface area contributed by atoms with Crippen molar-refractivity contribution in [3.05, 3.63) is 71.3 Å². The molecule has 0 aliphatic carbocycles. The Hall–Kier alpha value is -2.83. The molecule has 4 nitrogen and oxygen atoms in total. The summed E-state index contributed by atoms with van der Waals surface area (Å²) < 4.78 is 38.0. The van der Waals surface area contributed by atoms with Gasteiger partial charge < -0.3 is 10.4 Å². The summed E-state index contributed by atoms with van der Waals surface area (Å²) in [4.78, 5) is 23.3. The SMILES string of the molecule is O=C(NCC(C(=O)O)c1ccccc1)c1cccc(C(F)(F)F)c1.